The molecule has 2 aromatic heterocycles. The molecule has 5 heteroatoms. The summed E-state index contributed by atoms with van der Waals surface area (Å²) >= 11 is 0. The van der Waals surface area contributed by atoms with Gasteiger partial charge in [0, 0.05) is 0 Å². The number of benzene rings is 1. The smallest absolute Gasteiger partial charge is 0.134 e. The molecule has 0 atom stereocenters. The highest BCUT2D eigenvalue weighted by Gasteiger charge is 2.07. The summed E-state index contributed by atoms with van der Waals surface area (Å²) in [4.78, 5) is 3.99. The van der Waals surface area contributed by atoms with E-state index in [4.69, 9.17) is 5.73 Å². The van der Waals surface area contributed by atoms with Crippen molar-refractivity contribution in [1.82, 2.24) is 14.8 Å². The molecule has 0 bridgehead atoms. The van der Waals surface area contributed by atoms with Gasteiger partial charge in [0.05, 0.1) is 29.0 Å². The third kappa shape index (κ3) is 1.52. The standard InChI is InChI=1S/C12H9FN4/c13-10-2-1-3-11-9(10)7-16-17(11)8-4-5-12(14)15-6-8/h1-7H,(H2,14,15). The number of hydrogen-bond acceptors (Lipinski definition) is 3. The zero-order valence-electron chi connectivity index (χ0n) is 8.84. The lowest BCUT2D eigenvalue weighted by molar-refractivity contribution is 0.640. The van der Waals surface area contributed by atoms with Gasteiger partial charge in [-0.2, -0.15) is 5.10 Å². The van der Waals surface area contributed by atoms with Crippen molar-refractivity contribution in [3.63, 3.8) is 0 Å². The van der Waals surface area contributed by atoms with E-state index in [1.807, 2.05) is 6.07 Å². The van der Waals surface area contributed by atoms with E-state index in [9.17, 15) is 4.39 Å². The van der Waals surface area contributed by atoms with Crippen LogP contribution in [0.15, 0.2) is 42.7 Å². The summed E-state index contributed by atoms with van der Waals surface area (Å²) in [6.45, 7) is 0. The van der Waals surface area contributed by atoms with Crippen LogP contribution in [0.5, 0.6) is 0 Å². The minimum atomic E-state index is -0.280. The molecule has 0 aliphatic carbocycles. The molecule has 3 aromatic rings. The van der Waals surface area contributed by atoms with Crippen molar-refractivity contribution in [3.05, 3.63) is 48.5 Å². The SMILES string of the molecule is Nc1ccc(-n2ncc3c(F)cccc32)cn1. The van der Waals surface area contributed by atoms with Crippen LogP contribution in [0.4, 0.5) is 10.2 Å². The number of nitrogen functional groups attached to an aromatic ring is 1. The van der Waals surface area contributed by atoms with Crippen molar-refractivity contribution in [2.45, 2.75) is 0 Å². The zero-order chi connectivity index (χ0) is 11.8. The van der Waals surface area contributed by atoms with E-state index in [2.05, 4.69) is 10.1 Å². The lowest BCUT2D eigenvalue weighted by atomic mass is 10.2. The lowest BCUT2D eigenvalue weighted by Gasteiger charge is -2.03. The van der Waals surface area contributed by atoms with E-state index in [-0.39, 0.29) is 5.82 Å². The summed E-state index contributed by atoms with van der Waals surface area (Å²) in [6, 6.07) is 8.35. The molecular formula is C12H9FN4. The van der Waals surface area contributed by atoms with E-state index in [0.717, 1.165) is 5.69 Å². The van der Waals surface area contributed by atoms with Gasteiger partial charge in [0.2, 0.25) is 0 Å². The van der Waals surface area contributed by atoms with Gasteiger partial charge in [-0.1, -0.05) is 6.07 Å². The Kier molecular flexibility index (Phi) is 2.04. The molecule has 0 saturated heterocycles. The molecule has 0 spiro atoms. The van der Waals surface area contributed by atoms with Gasteiger partial charge in [0.25, 0.3) is 0 Å². The van der Waals surface area contributed by atoms with Crippen molar-refractivity contribution >= 4 is 16.7 Å². The minimum absolute atomic E-state index is 0.280. The number of halogens is 1. The van der Waals surface area contributed by atoms with Crippen molar-refractivity contribution in [1.29, 1.82) is 0 Å². The Hall–Kier alpha value is -2.43. The highest BCUT2D eigenvalue weighted by atomic mass is 19.1. The Bertz CT molecular complexity index is 673. The monoisotopic (exact) mass is 228 g/mol. The number of pyridine rings is 1. The molecule has 2 heterocycles. The molecule has 0 aliphatic rings. The predicted octanol–water partition coefficient (Wildman–Crippen LogP) is 2.14. The average molecular weight is 228 g/mol. The number of aromatic nitrogens is 3. The van der Waals surface area contributed by atoms with Gasteiger partial charge in [0.1, 0.15) is 11.6 Å². The second-order valence-corrected chi connectivity index (χ2v) is 3.67. The molecule has 84 valence electrons. The summed E-state index contributed by atoms with van der Waals surface area (Å²) in [5, 5.41) is 4.64. The molecule has 0 unspecified atom stereocenters. The molecule has 0 radical (unpaired) electrons. The minimum Gasteiger partial charge on any atom is -0.384 e. The van der Waals surface area contributed by atoms with Crippen molar-refractivity contribution in [2.75, 3.05) is 5.73 Å². The van der Waals surface area contributed by atoms with Gasteiger partial charge in [-0.3, -0.25) is 0 Å². The van der Waals surface area contributed by atoms with E-state index < -0.39 is 0 Å². The lowest BCUT2D eigenvalue weighted by Crippen LogP contribution is -1.98. The average Bonchev–Trinajstić information content (AvgIpc) is 2.75. The fraction of sp³-hybridized carbons (Fsp3) is 0. The first-order chi connectivity index (χ1) is 8.25. The Morgan fingerprint density at radius 2 is 2.00 bits per heavy atom. The van der Waals surface area contributed by atoms with E-state index in [1.54, 1.807) is 29.1 Å². The second kappa shape index (κ2) is 3.55. The molecule has 3 rings (SSSR count). The van der Waals surface area contributed by atoms with Crippen molar-refractivity contribution in [3.8, 4) is 5.69 Å². The molecule has 0 saturated carbocycles. The van der Waals surface area contributed by atoms with E-state index in [0.29, 0.717) is 16.7 Å². The van der Waals surface area contributed by atoms with Crippen LogP contribution in [0.3, 0.4) is 0 Å². The first kappa shape index (κ1) is 9.77. The van der Waals surface area contributed by atoms with Crippen LogP contribution in [0.25, 0.3) is 16.6 Å². The molecule has 4 nitrogen and oxygen atoms in total. The second-order valence-electron chi connectivity index (χ2n) is 3.67. The number of nitrogens with two attached hydrogens (primary N) is 1. The Labute approximate surface area is 96.5 Å². The summed E-state index contributed by atoms with van der Waals surface area (Å²) in [5.74, 6) is 0.161. The molecule has 17 heavy (non-hydrogen) atoms. The van der Waals surface area contributed by atoms with Crippen LogP contribution in [-0.4, -0.2) is 14.8 Å². The third-order valence-corrected chi connectivity index (χ3v) is 2.58. The Balaban J connectivity index is 2.24. The number of fused-ring (bicyclic) bond motifs is 1. The predicted molar refractivity (Wildman–Crippen MR) is 63.2 cm³/mol. The third-order valence-electron chi connectivity index (χ3n) is 2.58. The number of hydrogen-bond donors (Lipinski definition) is 1. The first-order valence-electron chi connectivity index (χ1n) is 5.10. The van der Waals surface area contributed by atoms with Crippen LogP contribution in [-0.2, 0) is 0 Å². The summed E-state index contributed by atoms with van der Waals surface area (Å²) in [6.07, 6.45) is 3.10. The van der Waals surface area contributed by atoms with Gasteiger partial charge >= 0.3 is 0 Å². The van der Waals surface area contributed by atoms with Gasteiger partial charge in [0.15, 0.2) is 0 Å². The fourth-order valence-corrected chi connectivity index (χ4v) is 1.74. The van der Waals surface area contributed by atoms with Crippen LogP contribution in [0.2, 0.25) is 0 Å². The quantitative estimate of drug-likeness (QED) is 0.694. The number of rotatable bonds is 1. The summed E-state index contributed by atoms with van der Waals surface area (Å²) in [7, 11) is 0. The Morgan fingerprint density at radius 1 is 1.12 bits per heavy atom. The molecule has 0 aliphatic heterocycles. The Morgan fingerprint density at radius 3 is 2.76 bits per heavy atom. The van der Waals surface area contributed by atoms with Gasteiger partial charge in [-0.25, -0.2) is 14.1 Å². The maximum atomic E-state index is 13.5. The molecule has 0 fully saturated rings. The largest absolute Gasteiger partial charge is 0.384 e. The van der Waals surface area contributed by atoms with Crippen molar-refractivity contribution < 1.29 is 4.39 Å². The molecule has 1 aromatic carbocycles. The van der Waals surface area contributed by atoms with Crippen LogP contribution in [0.1, 0.15) is 0 Å². The van der Waals surface area contributed by atoms with Crippen LogP contribution >= 0.6 is 0 Å². The normalized spacial score (nSPS) is 10.9. The highest BCUT2D eigenvalue weighted by molar-refractivity contribution is 5.80. The van der Waals surface area contributed by atoms with Crippen molar-refractivity contribution in [2.24, 2.45) is 0 Å². The van der Waals surface area contributed by atoms with E-state index >= 15 is 0 Å². The summed E-state index contributed by atoms with van der Waals surface area (Å²) < 4.78 is 15.1. The van der Waals surface area contributed by atoms with Gasteiger partial charge in [-0.15, -0.1) is 0 Å². The van der Waals surface area contributed by atoms with E-state index in [1.165, 1.54) is 12.3 Å². The number of anilines is 1. The molecular weight excluding hydrogens is 219 g/mol. The zero-order valence-corrected chi connectivity index (χ0v) is 8.84. The maximum absolute atomic E-state index is 13.5. The topological polar surface area (TPSA) is 56.7 Å². The number of nitrogens with zero attached hydrogens (tertiary/aromatic N) is 3. The molecule has 0 amide bonds. The maximum Gasteiger partial charge on any atom is 0.134 e. The van der Waals surface area contributed by atoms with Crippen LogP contribution < -0.4 is 5.73 Å². The van der Waals surface area contributed by atoms with Gasteiger partial charge in [-0.05, 0) is 24.3 Å². The van der Waals surface area contributed by atoms with Crippen LogP contribution in [0, 0.1) is 5.82 Å². The first-order valence-corrected chi connectivity index (χ1v) is 5.10. The molecule has 2 N–H and O–H groups in total. The van der Waals surface area contributed by atoms with Gasteiger partial charge < -0.3 is 5.73 Å². The fourth-order valence-electron chi connectivity index (χ4n) is 1.74. The summed E-state index contributed by atoms with van der Waals surface area (Å²) in [5.41, 5.74) is 6.97. The highest BCUT2D eigenvalue weighted by Crippen LogP contribution is 2.20.